The van der Waals surface area contributed by atoms with Crippen LogP contribution in [0.2, 0.25) is 0 Å². The lowest BCUT2D eigenvalue weighted by molar-refractivity contribution is 0.722. The van der Waals surface area contributed by atoms with Crippen molar-refractivity contribution in [1.82, 2.24) is 9.97 Å². The van der Waals surface area contributed by atoms with E-state index in [2.05, 4.69) is 28.7 Å². The molecule has 0 aliphatic rings. The molecular weight excluding hydrogens is 240 g/mol. The van der Waals surface area contributed by atoms with Crippen LogP contribution in [0, 0.1) is 0 Å². The number of nitrogens with two attached hydrogens (primary N) is 1. The van der Waals surface area contributed by atoms with E-state index in [1.807, 2.05) is 0 Å². The standard InChI is InChI=1S/C14H20N4O/c1-3-7-18(8-4-2)14-16-12-6-5-10(15)9-11(12)13(19)17-14/h5-6,9H,3-4,7-8,15H2,1-2H3,(H,16,17,19). The molecule has 0 saturated carbocycles. The van der Waals surface area contributed by atoms with Gasteiger partial charge in [0.1, 0.15) is 0 Å². The van der Waals surface area contributed by atoms with Crippen LogP contribution >= 0.6 is 0 Å². The van der Waals surface area contributed by atoms with E-state index in [0.29, 0.717) is 22.5 Å². The molecule has 0 saturated heterocycles. The normalized spacial score (nSPS) is 10.8. The molecule has 2 aromatic rings. The van der Waals surface area contributed by atoms with Gasteiger partial charge in [-0.25, -0.2) is 4.98 Å². The Kier molecular flexibility index (Phi) is 4.04. The number of H-pyrrole nitrogens is 1. The highest BCUT2D eigenvalue weighted by atomic mass is 16.1. The molecule has 5 heteroatoms. The fourth-order valence-electron chi connectivity index (χ4n) is 2.16. The van der Waals surface area contributed by atoms with E-state index >= 15 is 0 Å². The van der Waals surface area contributed by atoms with Crippen LogP contribution in [0.5, 0.6) is 0 Å². The molecule has 0 unspecified atom stereocenters. The third kappa shape index (κ3) is 2.86. The molecule has 3 N–H and O–H groups in total. The van der Waals surface area contributed by atoms with Gasteiger partial charge in [-0.15, -0.1) is 0 Å². The van der Waals surface area contributed by atoms with Crippen molar-refractivity contribution >= 4 is 22.5 Å². The molecule has 102 valence electrons. The van der Waals surface area contributed by atoms with Gasteiger partial charge in [-0.1, -0.05) is 13.8 Å². The Morgan fingerprint density at radius 1 is 1.26 bits per heavy atom. The van der Waals surface area contributed by atoms with E-state index < -0.39 is 0 Å². The first kappa shape index (κ1) is 13.4. The lowest BCUT2D eigenvalue weighted by atomic mass is 10.2. The molecule has 0 spiro atoms. The van der Waals surface area contributed by atoms with E-state index in [0.717, 1.165) is 25.9 Å². The van der Waals surface area contributed by atoms with Crippen molar-refractivity contribution in [2.24, 2.45) is 0 Å². The van der Waals surface area contributed by atoms with Gasteiger partial charge < -0.3 is 10.6 Å². The Balaban J connectivity index is 2.50. The van der Waals surface area contributed by atoms with Crippen molar-refractivity contribution in [3.63, 3.8) is 0 Å². The first-order valence-corrected chi connectivity index (χ1v) is 6.70. The Morgan fingerprint density at radius 3 is 2.58 bits per heavy atom. The van der Waals surface area contributed by atoms with Crippen LogP contribution in [0.25, 0.3) is 10.9 Å². The first-order chi connectivity index (χ1) is 9.15. The minimum Gasteiger partial charge on any atom is -0.399 e. The Hall–Kier alpha value is -2.04. The van der Waals surface area contributed by atoms with E-state index in [-0.39, 0.29) is 5.56 Å². The van der Waals surface area contributed by atoms with Crippen molar-refractivity contribution in [1.29, 1.82) is 0 Å². The number of hydrogen-bond acceptors (Lipinski definition) is 4. The minimum absolute atomic E-state index is 0.135. The van der Waals surface area contributed by atoms with Crippen LogP contribution in [-0.4, -0.2) is 23.1 Å². The number of benzene rings is 1. The Bertz CT molecular complexity index is 614. The summed E-state index contributed by atoms with van der Waals surface area (Å²) in [6.45, 7) is 6.00. The minimum atomic E-state index is -0.135. The molecule has 1 aromatic heterocycles. The van der Waals surface area contributed by atoms with Gasteiger partial charge in [-0.05, 0) is 31.0 Å². The molecule has 0 aliphatic heterocycles. The third-order valence-corrected chi connectivity index (χ3v) is 3.00. The second-order valence-corrected chi connectivity index (χ2v) is 4.65. The molecular formula is C14H20N4O. The highest BCUT2D eigenvalue weighted by Gasteiger charge is 2.10. The van der Waals surface area contributed by atoms with Crippen molar-refractivity contribution in [3.8, 4) is 0 Å². The van der Waals surface area contributed by atoms with Gasteiger partial charge in [-0.2, -0.15) is 0 Å². The molecule has 1 aromatic carbocycles. The molecule has 2 rings (SSSR count). The second kappa shape index (κ2) is 5.73. The first-order valence-electron chi connectivity index (χ1n) is 6.70. The van der Waals surface area contributed by atoms with Crippen molar-refractivity contribution in [2.75, 3.05) is 23.7 Å². The van der Waals surface area contributed by atoms with Gasteiger partial charge in [0.2, 0.25) is 5.95 Å². The fourth-order valence-corrected chi connectivity index (χ4v) is 2.16. The molecule has 5 nitrogen and oxygen atoms in total. The number of aromatic nitrogens is 2. The van der Waals surface area contributed by atoms with Gasteiger partial charge in [0.25, 0.3) is 5.56 Å². The zero-order chi connectivity index (χ0) is 13.8. The number of nitrogens with one attached hydrogen (secondary N) is 1. The zero-order valence-corrected chi connectivity index (χ0v) is 11.4. The smallest absolute Gasteiger partial charge is 0.260 e. The fraction of sp³-hybridized carbons (Fsp3) is 0.429. The zero-order valence-electron chi connectivity index (χ0n) is 11.4. The SMILES string of the molecule is CCCN(CCC)c1nc2ccc(N)cc2c(=O)[nH]1. The second-order valence-electron chi connectivity index (χ2n) is 4.65. The summed E-state index contributed by atoms with van der Waals surface area (Å²) in [6.07, 6.45) is 2.03. The van der Waals surface area contributed by atoms with Crippen LogP contribution in [0.15, 0.2) is 23.0 Å². The summed E-state index contributed by atoms with van der Waals surface area (Å²) >= 11 is 0. The average molecular weight is 260 g/mol. The molecule has 1 heterocycles. The summed E-state index contributed by atoms with van der Waals surface area (Å²) in [4.78, 5) is 21.6. The summed E-state index contributed by atoms with van der Waals surface area (Å²) in [5.41, 5.74) is 6.82. The summed E-state index contributed by atoms with van der Waals surface area (Å²) in [6, 6.07) is 5.22. The van der Waals surface area contributed by atoms with E-state index in [1.165, 1.54) is 0 Å². The Labute approximate surface area is 112 Å². The number of anilines is 2. The number of fused-ring (bicyclic) bond motifs is 1. The third-order valence-electron chi connectivity index (χ3n) is 3.00. The molecule has 0 amide bonds. The lowest BCUT2D eigenvalue weighted by Gasteiger charge is -2.21. The molecule has 0 radical (unpaired) electrons. The highest BCUT2D eigenvalue weighted by molar-refractivity contribution is 5.81. The van der Waals surface area contributed by atoms with Crippen LogP contribution in [0.4, 0.5) is 11.6 Å². The van der Waals surface area contributed by atoms with Gasteiger partial charge in [-0.3, -0.25) is 9.78 Å². The van der Waals surface area contributed by atoms with Gasteiger partial charge in [0, 0.05) is 18.8 Å². The number of hydrogen-bond donors (Lipinski definition) is 2. The quantitative estimate of drug-likeness (QED) is 0.808. The summed E-state index contributed by atoms with van der Waals surface area (Å²) in [7, 11) is 0. The maximum Gasteiger partial charge on any atom is 0.260 e. The van der Waals surface area contributed by atoms with Crippen molar-refractivity contribution in [2.45, 2.75) is 26.7 Å². The number of rotatable bonds is 5. The van der Waals surface area contributed by atoms with E-state index in [4.69, 9.17) is 5.73 Å². The summed E-state index contributed by atoms with van der Waals surface area (Å²) in [5, 5.41) is 0.539. The van der Waals surface area contributed by atoms with Crippen LogP contribution in [-0.2, 0) is 0 Å². The van der Waals surface area contributed by atoms with Crippen LogP contribution < -0.4 is 16.2 Å². The highest BCUT2D eigenvalue weighted by Crippen LogP contribution is 2.15. The average Bonchev–Trinajstić information content (AvgIpc) is 2.39. The topological polar surface area (TPSA) is 75.0 Å². The maximum absolute atomic E-state index is 12.1. The van der Waals surface area contributed by atoms with Crippen LogP contribution in [0.3, 0.4) is 0 Å². The van der Waals surface area contributed by atoms with Crippen molar-refractivity contribution in [3.05, 3.63) is 28.6 Å². The largest absolute Gasteiger partial charge is 0.399 e. The van der Waals surface area contributed by atoms with Crippen molar-refractivity contribution < 1.29 is 0 Å². The predicted octanol–water partition coefficient (Wildman–Crippen LogP) is 2.13. The van der Waals surface area contributed by atoms with Gasteiger partial charge >= 0.3 is 0 Å². The number of nitrogen functional groups attached to an aromatic ring is 1. The van der Waals surface area contributed by atoms with Crippen LogP contribution in [0.1, 0.15) is 26.7 Å². The lowest BCUT2D eigenvalue weighted by Crippen LogP contribution is -2.29. The van der Waals surface area contributed by atoms with E-state index in [9.17, 15) is 4.79 Å². The number of aromatic amines is 1. The van der Waals surface area contributed by atoms with Gasteiger partial charge in [0.15, 0.2) is 0 Å². The summed E-state index contributed by atoms with van der Waals surface area (Å²) in [5.74, 6) is 0.644. The Morgan fingerprint density at radius 2 is 1.95 bits per heavy atom. The maximum atomic E-state index is 12.1. The summed E-state index contributed by atoms with van der Waals surface area (Å²) < 4.78 is 0. The predicted molar refractivity (Wildman–Crippen MR) is 79.6 cm³/mol. The van der Waals surface area contributed by atoms with E-state index in [1.54, 1.807) is 18.2 Å². The van der Waals surface area contributed by atoms with Gasteiger partial charge in [0.05, 0.1) is 10.9 Å². The molecule has 0 atom stereocenters. The number of nitrogens with zero attached hydrogens (tertiary/aromatic N) is 2. The molecule has 0 aliphatic carbocycles. The molecule has 0 fully saturated rings. The molecule has 19 heavy (non-hydrogen) atoms. The monoisotopic (exact) mass is 260 g/mol. The molecule has 0 bridgehead atoms.